The lowest BCUT2D eigenvalue weighted by atomic mass is 10.2. The van der Waals surface area contributed by atoms with Crippen LogP contribution < -0.4 is 4.74 Å². The molecule has 3 rings (SSSR count). The fraction of sp³-hybridized carbons (Fsp3) is 0.133. The van der Waals surface area contributed by atoms with E-state index in [0.29, 0.717) is 11.3 Å². The monoisotopic (exact) mass is 334 g/mol. The number of halogens is 3. The van der Waals surface area contributed by atoms with Gasteiger partial charge in [0.2, 0.25) is 5.82 Å². The fourth-order valence-corrected chi connectivity index (χ4v) is 2.07. The SMILES string of the molecule is N#CCn1cccc1-c1nc(-c2ccc(OC(F)(F)F)cc2)no1. The van der Waals surface area contributed by atoms with Gasteiger partial charge >= 0.3 is 6.36 Å². The third-order valence-corrected chi connectivity index (χ3v) is 3.06. The summed E-state index contributed by atoms with van der Waals surface area (Å²) in [7, 11) is 0. The van der Waals surface area contributed by atoms with Crippen LogP contribution in [0, 0.1) is 11.3 Å². The van der Waals surface area contributed by atoms with E-state index < -0.39 is 6.36 Å². The molecule has 0 aliphatic rings. The zero-order valence-electron chi connectivity index (χ0n) is 12.0. The Hall–Kier alpha value is -3.28. The standard InChI is InChI=1S/C15H9F3N4O2/c16-15(17,18)23-11-5-3-10(4-6-11)13-20-14(24-21-13)12-2-1-8-22(12)9-7-19/h1-6,8H,9H2. The van der Waals surface area contributed by atoms with Gasteiger partial charge in [-0.1, -0.05) is 5.16 Å². The summed E-state index contributed by atoms with van der Waals surface area (Å²) in [5.41, 5.74) is 1.05. The van der Waals surface area contributed by atoms with Crippen molar-refractivity contribution in [3.05, 3.63) is 42.6 Å². The quantitative estimate of drug-likeness (QED) is 0.728. The lowest BCUT2D eigenvalue weighted by Gasteiger charge is -2.08. The molecule has 0 aliphatic heterocycles. The first-order valence-corrected chi connectivity index (χ1v) is 6.68. The first-order valence-electron chi connectivity index (χ1n) is 6.68. The Labute approximate surface area is 133 Å². The summed E-state index contributed by atoms with van der Waals surface area (Å²) in [5.74, 6) is 0.0898. The van der Waals surface area contributed by atoms with Crippen LogP contribution in [0.15, 0.2) is 47.1 Å². The van der Waals surface area contributed by atoms with E-state index in [1.54, 1.807) is 22.9 Å². The molecule has 0 unspecified atom stereocenters. The highest BCUT2D eigenvalue weighted by Gasteiger charge is 2.31. The molecule has 0 amide bonds. The van der Waals surface area contributed by atoms with Crippen molar-refractivity contribution in [3.63, 3.8) is 0 Å². The topological polar surface area (TPSA) is 76.9 Å². The molecule has 2 heterocycles. The van der Waals surface area contributed by atoms with Gasteiger partial charge in [-0.05, 0) is 36.4 Å². The Morgan fingerprint density at radius 2 is 1.96 bits per heavy atom. The molecule has 122 valence electrons. The number of hydrogen-bond acceptors (Lipinski definition) is 5. The van der Waals surface area contributed by atoms with Gasteiger partial charge in [0.25, 0.3) is 5.89 Å². The van der Waals surface area contributed by atoms with E-state index in [1.807, 2.05) is 6.07 Å². The van der Waals surface area contributed by atoms with E-state index >= 15 is 0 Å². The minimum atomic E-state index is -4.74. The summed E-state index contributed by atoms with van der Waals surface area (Å²) < 4.78 is 47.0. The number of hydrogen-bond donors (Lipinski definition) is 0. The van der Waals surface area contributed by atoms with Crippen LogP contribution in [0.5, 0.6) is 5.75 Å². The second-order valence-electron chi connectivity index (χ2n) is 4.67. The van der Waals surface area contributed by atoms with Gasteiger partial charge in [0.1, 0.15) is 18.0 Å². The minimum absolute atomic E-state index is 0.128. The third-order valence-electron chi connectivity index (χ3n) is 3.06. The summed E-state index contributed by atoms with van der Waals surface area (Å²) in [6, 6.07) is 10.6. The normalized spacial score (nSPS) is 11.2. The number of rotatable bonds is 4. The molecule has 0 saturated carbocycles. The lowest BCUT2D eigenvalue weighted by molar-refractivity contribution is -0.274. The lowest BCUT2D eigenvalue weighted by Crippen LogP contribution is -2.16. The van der Waals surface area contributed by atoms with Gasteiger partial charge in [-0.2, -0.15) is 10.2 Å². The van der Waals surface area contributed by atoms with Crippen molar-refractivity contribution in [2.45, 2.75) is 12.9 Å². The van der Waals surface area contributed by atoms with Crippen molar-refractivity contribution in [3.8, 4) is 34.8 Å². The van der Waals surface area contributed by atoms with Crippen LogP contribution in [0.1, 0.15) is 0 Å². The molecule has 0 fully saturated rings. The van der Waals surface area contributed by atoms with Crippen molar-refractivity contribution >= 4 is 0 Å². The predicted octanol–water partition coefficient (Wildman–Crippen LogP) is 3.63. The maximum atomic E-state index is 12.1. The Kier molecular flexibility index (Phi) is 3.95. The van der Waals surface area contributed by atoms with Gasteiger partial charge in [-0.25, -0.2) is 0 Å². The van der Waals surface area contributed by atoms with Gasteiger partial charge in [-0.15, -0.1) is 13.2 Å². The van der Waals surface area contributed by atoms with E-state index in [0.717, 1.165) is 12.1 Å². The van der Waals surface area contributed by atoms with Crippen molar-refractivity contribution in [2.24, 2.45) is 0 Å². The van der Waals surface area contributed by atoms with Crippen molar-refractivity contribution in [1.29, 1.82) is 5.26 Å². The van der Waals surface area contributed by atoms with E-state index in [2.05, 4.69) is 14.9 Å². The Morgan fingerprint density at radius 1 is 1.21 bits per heavy atom. The number of benzene rings is 1. The first-order chi connectivity index (χ1) is 11.5. The molecule has 0 spiro atoms. The second kappa shape index (κ2) is 6.08. The summed E-state index contributed by atoms with van der Waals surface area (Å²) in [4.78, 5) is 4.20. The van der Waals surface area contributed by atoms with Gasteiger partial charge in [-0.3, -0.25) is 0 Å². The van der Waals surface area contributed by atoms with Crippen LogP contribution in [0.25, 0.3) is 23.0 Å². The Bertz CT molecular complexity index is 875. The van der Waals surface area contributed by atoms with Crippen LogP contribution in [0.3, 0.4) is 0 Å². The number of nitriles is 1. The Morgan fingerprint density at radius 3 is 2.62 bits per heavy atom. The van der Waals surface area contributed by atoms with Crippen LogP contribution >= 0.6 is 0 Å². The van der Waals surface area contributed by atoms with Gasteiger partial charge < -0.3 is 13.8 Å². The summed E-state index contributed by atoms with van der Waals surface area (Å²) in [6.07, 6.45) is -3.04. The molecular formula is C15H9F3N4O2. The second-order valence-corrected chi connectivity index (χ2v) is 4.67. The van der Waals surface area contributed by atoms with Gasteiger partial charge in [0.15, 0.2) is 0 Å². The number of alkyl halides is 3. The molecule has 0 aliphatic carbocycles. The van der Waals surface area contributed by atoms with Gasteiger partial charge in [0, 0.05) is 11.8 Å². The highest BCUT2D eigenvalue weighted by atomic mass is 19.4. The van der Waals surface area contributed by atoms with E-state index in [9.17, 15) is 13.2 Å². The van der Waals surface area contributed by atoms with E-state index in [-0.39, 0.29) is 24.0 Å². The molecule has 24 heavy (non-hydrogen) atoms. The van der Waals surface area contributed by atoms with Crippen LogP contribution in [-0.4, -0.2) is 21.1 Å². The predicted molar refractivity (Wildman–Crippen MR) is 75.5 cm³/mol. The first kappa shape index (κ1) is 15.6. The number of ether oxygens (including phenoxy) is 1. The van der Waals surface area contributed by atoms with E-state index in [1.165, 1.54) is 12.1 Å². The van der Waals surface area contributed by atoms with Crippen LogP contribution in [-0.2, 0) is 6.54 Å². The van der Waals surface area contributed by atoms with Crippen molar-refractivity contribution in [2.75, 3.05) is 0 Å². The zero-order valence-corrected chi connectivity index (χ0v) is 12.0. The smallest absolute Gasteiger partial charge is 0.406 e. The van der Waals surface area contributed by atoms with Gasteiger partial charge in [0.05, 0.1) is 6.07 Å². The van der Waals surface area contributed by atoms with Crippen LogP contribution in [0.4, 0.5) is 13.2 Å². The van der Waals surface area contributed by atoms with Crippen LogP contribution in [0.2, 0.25) is 0 Å². The largest absolute Gasteiger partial charge is 0.573 e. The number of nitrogens with zero attached hydrogens (tertiary/aromatic N) is 4. The molecule has 0 bridgehead atoms. The van der Waals surface area contributed by atoms with Crippen molar-refractivity contribution < 1.29 is 22.4 Å². The maximum Gasteiger partial charge on any atom is 0.573 e. The molecule has 1 aromatic carbocycles. The minimum Gasteiger partial charge on any atom is -0.406 e. The average Bonchev–Trinajstić information content (AvgIpc) is 3.15. The van der Waals surface area contributed by atoms with Crippen molar-refractivity contribution in [1.82, 2.24) is 14.7 Å². The molecule has 6 nitrogen and oxygen atoms in total. The average molecular weight is 334 g/mol. The fourth-order valence-electron chi connectivity index (χ4n) is 2.07. The molecule has 0 atom stereocenters. The molecular weight excluding hydrogens is 325 g/mol. The maximum absolute atomic E-state index is 12.1. The zero-order chi connectivity index (χ0) is 17.2. The Balaban J connectivity index is 1.83. The molecule has 0 radical (unpaired) electrons. The third kappa shape index (κ3) is 3.38. The number of aromatic nitrogens is 3. The molecule has 0 N–H and O–H groups in total. The van der Waals surface area contributed by atoms with E-state index in [4.69, 9.17) is 9.78 Å². The molecule has 9 heteroatoms. The summed E-state index contributed by atoms with van der Waals surface area (Å²) in [5, 5.41) is 12.6. The highest BCUT2D eigenvalue weighted by Crippen LogP contribution is 2.27. The molecule has 0 saturated heterocycles. The highest BCUT2D eigenvalue weighted by molar-refractivity contribution is 5.59. The summed E-state index contributed by atoms with van der Waals surface area (Å²) >= 11 is 0. The molecule has 3 aromatic rings. The molecule has 2 aromatic heterocycles. The summed E-state index contributed by atoms with van der Waals surface area (Å²) in [6.45, 7) is 0.128.